The first-order valence-electron chi connectivity index (χ1n) is 13.7. The molecule has 0 bridgehead atoms. The van der Waals surface area contributed by atoms with E-state index in [1.165, 1.54) is 37.8 Å². The third-order valence-corrected chi connectivity index (χ3v) is 6.75. The predicted molar refractivity (Wildman–Crippen MR) is 151 cm³/mol. The maximum atomic E-state index is 12.9. The maximum absolute atomic E-state index is 12.9. The zero-order chi connectivity index (χ0) is 29.8. The Hall–Kier alpha value is -4.14. The van der Waals surface area contributed by atoms with Crippen molar-refractivity contribution in [2.75, 3.05) is 6.54 Å². The number of carbonyl (C=O) groups excluding carboxylic acids is 2. The number of halogens is 3. The van der Waals surface area contributed by atoms with E-state index in [2.05, 4.69) is 12.2 Å². The SMILES string of the molecule is CCCCCCCCNC(=O)c1ccc(-c2ccc(CN(Cc3ccc(C(F)(F)F)cc3)C(=O)C(=O)O)cc2)cc1. The van der Waals surface area contributed by atoms with Crippen LogP contribution in [-0.4, -0.2) is 34.3 Å². The summed E-state index contributed by atoms with van der Waals surface area (Å²) in [6.07, 6.45) is 2.44. The molecule has 2 N–H and O–H groups in total. The van der Waals surface area contributed by atoms with Crippen molar-refractivity contribution in [1.29, 1.82) is 0 Å². The van der Waals surface area contributed by atoms with Gasteiger partial charge in [-0.1, -0.05) is 87.6 Å². The second-order valence-electron chi connectivity index (χ2n) is 9.96. The van der Waals surface area contributed by atoms with Crippen LogP contribution in [0.3, 0.4) is 0 Å². The van der Waals surface area contributed by atoms with Crippen molar-refractivity contribution < 1.29 is 32.7 Å². The molecule has 0 heterocycles. The standard InChI is InChI=1S/C32H35F3N2O4/c1-2-3-4-5-6-7-20-36-29(38)27-16-14-26(15-17-27)25-12-8-23(9-13-25)21-37(30(39)31(40)41)22-24-10-18-28(19-11-24)32(33,34)35/h8-19H,2-7,20-22H2,1H3,(H,36,38)(H,40,41). The number of hydrogen-bond acceptors (Lipinski definition) is 3. The molecule has 0 saturated heterocycles. The highest BCUT2D eigenvalue weighted by atomic mass is 19.4. The number of alkyl halides is 3. The number of nitrogens with one attached hydrogen (secondary N) is 1. The van der Waals surface area contributed by atoms with Gasteiger partial charge in [0.1, 0.15) is 0 Å². The summed E-state index contributed by atoms with van der Waals surface area (Å²) >= 11 is 0. The highest BCUT2D eigenvalue weighted by Gasteiger charge is 2.30. The third kappa shape index (κ3) is 9.77. The van der Waals surface area contributed by atoms with Gasteiger partial charge >= 0.3 is 18.1 Å². The van der Waals surface area contributed by atoms with Gasteiger partial charge in [-0.05, 0) is 52.9 Å². The Balaban J connectivity index is 1.59. The van der Waals surface area contributed by atoms with Crippen molar-refractivity contribution in [3.63, 3.8) is 0 Å². The molecule has 0 radical (unpaired) electrons. The van der Waals surface area contributed by atoms with Gasteiger partial charge in [-0.3, -0.25) is 9.59 Å². The minimum absolute atomic E-state index is 0.0376. The summed E-state index contributed by atoms with van der Waals surface area (Å²) in [6, 6.07) is 18.6. The Bertz CT molecular complexity index is 1290. The molecule has 0 spiro atoms. The van der Waals surface area contributed by atoms with E-state index in [1.54, 1.807) is 24.3 Å². The highest BCUT2D eigenvalue weighted by molar-refractivity contribution is 6.31. The van der Waals surface area contributed by atoms with E-state index in [0.717, 1.165) is 41.0 Å². The van der Waals surface area contributed by atoms with E-state index < -0.39 is 23.6 Å². The second-order valence-corrected chi connectivity index (χ2v) is 9.96. The topological polar surface area (TPSA) is 86.7 Å². The highest BCUT2D eigenvalue weighted by Crippen LogP contribution is 2.29. The summed E-state index contributed by atoms with van der Waals surface area (Å²) in [5.74, 6) is -2.92. The lowest BCUT2D eigenvalue weighted by molar-refractivity contribution is -0.156. The molecule has 2 amide bonds. The predicted octanol–water partition coefficient (Wildman–Crippen LogP) is 7.08. The molecule has 0 saturated carbocycles. The van der Waals surface area contributed by atoms with Crippen molar-refractivity contribution in [2.24, 2.45) is 0 Å². The van der Waals surface area contributed by atoms with Gasteiger partial charge in [0.15, 0.2) is 0 Å². The molecule has 3 aromatic carbocycles. The fourth-order valence-corrected chi connectivity index (χ4v) is 4.40. The lowest BCUT2D eigenvalue weighted by Crippen LogP contribution is -2.35. The Morgan fingerprint density at radius 2 is 1.22 bits per heavy atom. The van der Waals surface area contributed by atoms with Gasteiger partial charge in [-0.15, -0.1) is 0 Å². The van der Waals surface area contributed by atoms with Gasteiger partial charge in [0.05, 0.1) is 5.56 Å². The summed E-state index contributed by atoms with van der Waals surface area (Å²) in [4.78, 5) is 37.2. The molecule has 9 heteroatoms. The molecule has 0 atom stereocenters. The van der Waals surface area contributed by atoms with E-state index in [1.807, 2.05) is 24.3 Å². The van der Waals surface area contributed by atoms with Crippen molar-refractivity contribution in [1.82, 2.24) is 10.2 Å². The summed E-state index contributed by atoms with van der Waals surface area (Å²) in [5.41, 5.74) is 2.53. The van der Waals surface area contributed by atoms with Crippen LogP contribution >= 0.6 is 0 Å². The number of hydrogen-bond donors (Lipinski definition) is 2. The number of rotatable bonds is 13. The van der Waals surface area contributed by atoms with Crippen LogP contribution in [0, 0.1) is 0 Å². The fourth-order valence-electron chi connectivity index (χ4n) is 4.40. The lowest BCUT2D eigenvalue weighted by Gasteiger charge is -2.21. The molecular formula is C32H35F3N2O4. The molecule has 0 unspecified atom stereocenters. The van der Waals surface area contributed by atoms with Crippen LogP contribution < -0.4 is 5.32 Å². The minimum atomic E-state index is -4.49. The normalized spacial score (nSPS) is 11.2. The van der Waals surface area contributed by atoms with Gasteiger partial charge in [0.2, 0.25) is 0 Å². The van der Waals surface area contributed by atoms with Crippen molar-refractivity contribution in [2.45, 2.75) is 64.7 Å². The van der Waals surface area contributed by atoms with Crippen molar-refractivity contribution in [3.8, 4) is 11.1 Å². The van der Waals surface area contributed by atoms with Crippen LogP contribution in [0.1, 0.15) is 72.5 Å². The van der Waals surface area contributed by atoms with Crippen molar-refractivity contribution in [3.05, 3.63) is 95.1 Å². The van der Waals surface area contributed by atoms with Gasteiger partial charge in [0.25, 0.3) is 5.91 Å². The van der Waals surface area contributed by atoms with Crippen molar-refractivity contribution >= 4 is 17.8 Å². The lowest BCUT2D eigenvalue weighted by atomic mass is 10.0. The molecular weight excluding hydrogens is 533 g/mol. The monoisotopic (exact) mass is 568 g/mol. The van der Waals surface area contributed by atoms with Crippen LogP contribution in [0.2, 0.25) is 0 Å². The van der Waals surface area contributed by atoms with Crippen LogP contribution in [0.25, 0.3) is 11.1 Å². The Kier molecular flexibility index (Phi) is 11.5. The second kappa shape index (κ2) is 15.0. The van der Waals surface area contributed by atoms with Gasteiger partial charge < -0.3 is 15.3 Å². The van der Waals surface area contributed by atoms with E-state index in [4.69, 9.17) is 0 Å². The summed E-state index contributed by atoms with van der Waals surface area (Å²) < 4.78 is 38.6. The number of unbranched alkanes of at least 4 members (excludes halogenated alkanes) is 5. The smallest absolute Gasteiger partial charge is 0.416 e. The molecule has 0 aromatic heterocycles. The molecule has 41 heavy (non-hydrogen) atoms. The summed E-state index contributed by atoms with van der Waals surface area (Å²) in [6.45, 7) is 2.63. The minimum Gasteiger partial charge on any atom is -0.474 e. The van der Waals surface area contributed by atoms with Crippen LogP contribution in [0.4, 0.5) is 13.2 Å². The van der Waals surface area contributed by atoms with E-state index in [-0.39, 0.29) is 19.0 Å². The number of carboxylic acids is 1. The number of carboxylic acid groups (broad SMARTS) is 1. The van der Waals surface area contributed by atoms with E-state index >= 15 is 0 Å². The van der Waals surface area contributed by atoms with E-state index in [0.29, 0.717) is 23.2 Å². The number of benzene rings is 3. The molecule has 3 aromatic rings. The zero-order valence-electron chi connectivity index (χ0n) is 23.0. The quantitative estimate of drug-likeness (QED) is 0.171. The number of carbonyl (C=O) groups is 3. The first-order valence-corrected chi connectivity index (χ1v) is 13.7. The molecule has 0 fully saturated rings. The summed E-state index contributed by atoms with van der Waals surface area (Å²) in [7, 11) is 0. The summed E-state index contributed by atoms with van der Waals surface area (Å²) in [5, 5.41) is 12.2. The molecule has 218 valence electrons. The van der Waals surface area contributed by atoms with Gasteiger partial charge in [0, 0.05) is 25.2 Å². The zero-order valence-corrected chi connectivity index (χ0v) is 23.0. The Morgan fingerprint density at radius 3 is 1.73 bits per heavy atom. The largest absolute Gasteiger partial charge is 0.474 e. The Morgan fingerprint density at radius 1 is 0.732 bits per heavy atom. The molecule has 0 aliphatic heterocycles. The average Bonchev–Trinajstić information content (AvgIpc) is 2.96. The molecule has 3 rings (SSSR count). The first kappa shape index (κ1) is 31.4. The van der Waals surface area contributed by atoms with Crippen LogP contribution in [0.5, 0.6) is 0 Å². The molecule has 0 aliphatic carbocycles. The average molecular weight is 569 g/mol. The molecule has 6 nitrogen and oxygen atoms in total. The van der Waals surface area contributed by atoms with Gasteiger partial charge in [-0.2, -0.15) is 13.2 Å². The maximum Gasteiger partial charge on any atom is 0.416 e. The first-order chi connectivity index (χ1) is 19.6. The van der Waals surface area contributed by atoms with Crippen LogP contribution in [0.15, 0.2) is 72.8 Å². The van der Waals surface area contributed by atoms with Crippen LogP contribution in [-0.2, 0) is 28.9 Å². The number of amides is 2. The number of nitrogens with zero attached hydrogens (tertiary/aromatic N) is 1. The Labute approximate surface area is 238 Å². The fraction of sp³-hybridized carbons (Fsp3) is 0.344. The molecule has 0 aliphatic rings. The third-order valence-electron chi connectivity index (χ3n) is 6.75. The van der Waals surface area contributed by atoms with Gasteiger partial charge in [-0.25, -0.2) is 4.79 Å². The number of aliphatic carboxylic acids is 1. The van der Waals surface area contributed by atoms with E-state index in [9.17, 15) is 32.7 Å².